The van der Waals surface area contributed by atoms with Crippen LogP contribution in [-0.2, 0) is 0 Å². The maximum absolute atomic E-state index is 3.82. The molecule has 3 heteroatoms. The molecule has 112 valence electrons. The van der Waals surface area contributed by atoms with Crippen molar-refractivity contribution in [2.24, 2.45) is 0 Å². The molecule has 0 aromatic heterocycles. The van der Waals surface area contributed by atoms with Crippen LogP contribution in [0.25, 0.3) is 0 Å². The van der Waals surface area contributed by atoms with Gasteiger partial charge in [-0.15, -0.1) is 0 Å². The highest BCUT2D eigenvalue weighted by Gasteiger charge is 2.34. The summed E-state index contributed by atoms with van der Waals surface area (Å²) in [4.78, 5) is 2.47. The average Bonchev–Trinajstić information content (AvgIpc) is 2.90. The SMILES string of the molecule is CC(CC1CCCN1)NCC1(N(C)C)CCCCC1. The summed E-state index contributed by atoms with van der Waals surface area (Å²) in [5.41, 5.74) is 0.412. The molecule has 2 atom stereocenters. The Hall–Kier alpha value is -0.120. The van der Waals surface area contributed by atoms with Crippen LogP contribution in [0.5, 0.6) is 0 Å². The highest BCUT2D eigenvalue weighted by Crippen LogP contribution is 2.31. The quantitative estimate of drug-likeness (QED) is 0.774. The largest absolute Gasteiger partial charge is 0.314 e. The first-order valence-electron chi connectivity index (χ1n) is 8.27. The van der Waals surface area contributed by atoms with E-state index in [4.69, 9.17) is 0 Å². The molecule has 2 fully saturated rings. The number of hydrogen-bond acceptors (Lipinski definition) is 3. The van der Waals surface area contributed by atoms with Gasteiger partial charge in [0.1, 0.15) is 0 Å². The third-order valence-corrected chi connectivity index (χ3v) is 5.31. The van der Waals surface area contributed by atoms with E-state index in [9.17, 15) is 0 Å². The van der Waals surface area contributed by atoms with Crippen LogP contribution >= 0.6 is 0 Å². The molecule has 1 saturated carbocycles. The Morgan fingerprint density at radius 1 is 1.21 bits per heavy atom. The van der Waals surface area contributed by atoms with Crippen molar-refractivity contribution in [1.29, 1.82) is 0 Å². The molecule has 1 saturated heterocycles. The Balaban J connectivity index is 1.77. The Kier molecular flexibility index (Phi) is 5.67. The van der Waals surface area contributed by atoms with Crippen molar-refractivity contribution in [3.8, 4) is 0 Å². The Morgan fingerprint density at radius 2 is 1.95 bits per heavy atom. The number of likely N-dealkylation sites (N-methyl/N-ethyl adjacent to an activating group) is 1. The smallest absolute Gasteiger partial charge is 0.0327 e. The van der Waals surface area contributed by atoms with E-state index < -0.39 is 0 Å². The van der Waals surface area contributed by atoms with Crippen molar-refractivity contribution in [2.45, 2.75) is 75.9 Å². The topological polar surface area (TPSA) is 27.3 Å². The van der Waals surface area contributed by atoms with Gasteiger partial charge in [-0.2, -0.15) is 0 Å². The average molecular weight is 267 g/mol. The van der Waals surface area contributed by atoms with Crippen molar-refractivity contribution >= 4 is 0 Å². The van der Waals surface area contributed by atoms with E-state index in [1.54, 1.807) is 0 Å². The van der Waals surface area contributed by atoms with E-state index in [1.165, 1.54) is 57.9 Å². The zero-order valence-electron chi connectivity index (χ0n) is 13.2. The predicted molar refractivity (Wildman–Crippen MR) is 82.6 cm³/mol. The summed E-state index contributed by atoms with van der Waals surface area (Å²) >= 11 is 0. The van der Waals surface area contributed by atoms with Crippen LogP contribution in [-0.4, -0.2) is 49.7 Å². The zero-order valence-corrected chi connectivity index (χ0v) is 13.2. The molecule has 19 heavy (non-hydrogen) atoms. The number of rotatable bonds is 6. The van der Waals surface area contributed by atoms with Crippen LogP contribution in [0, 0.1) is 0 Å². The first-order valence-corrected chi connectivity index (χ1v) is 8.27. The van der Waals surface area contributed by atoms with E-state index in [-0.39, 0.29) is 0 Å². The lowest BCUT2D eigenvalue weighted by Crippen LogP contribution is -2.54. The van der Waals surface area contributed by atoms with Crippen LogP contribution in [0.3, 0.4) is 0 Å². The van der Waals surface area contributed by atoms with Gasteiger partial charge >= 0.3 is 0 Å². The van der Waals surface area contributed by atoms with Gasteiger partial charge < -0.3 is 15.5 Å². The molecule has 0 amide bonds. The fraction of sp³-hybridized carbons (Fsp3) is 1.00. The van der Waals surface area contributed by atoms with Crippen LogP contribution in [0.1, 0.15) is 58.3 Å². The van der Waals surface area contributed by atoms with Crippen molar-refractivity contribution in [2.75, 3.05) is 27.2 Å². The van der Waals surface area contributed by atoms with Crippen LogP contribution < -0.4 is 10.6 Å². The summed E-state index contributed by atoms with van der Waals surface area (Å²) in [5, 5.41) is 7.43. The minimum atomic E-state index is 0.412. The fourth-order valence-electron chi connectivity index (χ4n) is 3.82. The standard InChI is InChI=1S/C16H33N3/c1-14(12-15-8-7-11-17-15)18-13-16(19(2)3)9-5-4-6-10-16/h14-15,17-18H,4-13H2,1-3H3. The Morgan fingerprint density at radius 3 is 2.53 bits per heavy atom. The van der Waals surface area contributed by atoms with Crippen molar-refractivity contribution in [3.63, 3.8) is 0 Å². The molecule has 1 aliphatic carbocycles. The predicted octanol–water partition coefficient (Wildman–Crippen LogP) is 2.37. The summed E-state index contributed by atoms with van der Waals surface area (Å²) < 4.78 is 0. The molecule has 1 aliphatic heterocycles. The molecular formula is C16H33N3. The van der Waals surface area contributed by atoms with Crippen LogP contribution in [0.4, 0.5) is 0 Å². The molecule has 0 spiro atoms. The van der Waals surface area contributed by atoms with Gasteiger partial charge in [-0.25, -0.2) is 0 Å². The number of nitrogens with one attached hydrogen (secondary N) is 2. The van der Waals surface area contributed by atoms with Gasteiger partial charge in [0, 0.05) is 24.2 Å². The molecule has 2 N–H and O–H groups in total. The summed E-state index contributed by atoms with van der Waals surface area (Å²) in [6, 6.07) is 1.39. The second-order valence-electron chi connectivity index (χ2n) is 6.99. The lowest BCUT2D eigenvalue weighted by Gasteiger charge is -2.44. The van der Waals surface area contributed by atoms with Gasteiger partial charge in [0.05, 0.1) is 0 Å². The molecular weight excluding hydrogens is 234 g/mol. The lowest BCUT2D eigenvalue weighted by atomic mass is 9.80. The van der Waals surface area contributed by atoms with Gasteiger partial charge in [-0.05, 0) is 59.7 Å². The molecule has 0 bridgehead atoms. The van der Waals surface area contributed by atoms with E-state index >= 15 is 0 Å². The van der Waals surface area contributed by atoms with Gasteiger partial charge in [-0.1, -0.05) is 19.3 Å². The van der Waals surface area contributed by atoms with Crippen molar-refractivity contribution < 1.29 is 0 Å². The van der Waals surface area contributed by atoms with E-state index in [0.29, 0.717) is 11.6 Å². The molecule has 2 aliphatic rings. The number of hydrogen-bond donors (Lipinski definition) is 2. The Bertz CT molecular complexity index is 253. The maximum Gasteiger partial charge on any atom is 0.0327 e. The highest BCUT2D eigenvalue weighted by molar-refractivity contribution is 4.93. The molecule has 0 aromatic rings. The number of nitrogens with zero attached hydrogens (tertiary/aromatic N) is 1. The molecule has 0 aromatic carbocycles. The molecule has 2 rings (SSSR count). The van der Waals surface area contributed by atoms with Gasteiger partial charge in [-0.3, -0.25) is 0 Å². The summed E-state index contributed by atoms with van der Waals surface area (Å²) in [5.74, 6) is 0. The maximum atomic E-state index is 3.82. The molecule has 3 nitrogen and oxygen atoms in total. The Labute approximate surface area is 119 Å². The third kappa shape index (κ3) is 4.17. The van der Waals surface area contributed by atoms with Crippen molar-refractivity contribution in [3.05, 3.63) is 0 Å². The van der Waals surface area contributed by atoms with E-state index in [1.807, 2.05) is 0 Å². The summed E-state index contributed by atoms with van der Waals surface area (Å²) in [7, 11) is 4.52. The van der Waals surface area contributed by atoms with Crippen molar-refractivity contribution in [1.82, 2.24) is 15.5 Å². The molecule has 2 unspecified atom stereocenters. The normalized spacial score (nSPS) is 28.7. The summed E-state index contributed by atoms with van der Waals surface area (Å²) in [6.45, 7) is 4.74. The second kappa shape index (κ2) is 7.05. The second-order valence-corrected chi connectivity index (χ2v) is 6.99. The highest BCUT2D eigenvalue weighted by atomic mass is 15.2. The lowest BCUT2D eigenvalue weighted by molar-refractivity contribution is 0.0950. The zero-order chi connectivity index (χ0) is 13.7. The van der Waals surface area contributed by atoms with Gasteiger partial charge in [0.15, 0.2) is 0 Å². The monoisotopic (exact) mass is 267 g/mol. The minimum absolute atomic E-state index is 0.412. The first kappa shape index (κ1) is 15.3. The van der Waals surface area contributed by atoms with Crippen LogP contribution in [0.2, 0.25) is 0 Å². The van der Waals surface area contributed by atoms with E-state index in [0.717, 1.165) is 12.6 Å². The summed E-state index contributed by atoms with van der Waals surface area (Å²) in [6.07, 6.45) is 11.0. The third-order valence-electron chi connectivity index (χ3n) is 5.31. The van der Waals surface area contributed by atoms with Gasteiger partial charge in [0.2, 0.25) is 0 Å². The minimum Gasteiger partial charge on any atom is -0.314 e. The van der Waals surface area contributed by atoms with E-state index in [2.05, 4.69) is 36.6 Å². The van der Waals surface area contributed by atoms with Crippen LogP contribution in [0.15, 0.2) is 0 Å². The fourth-order valence-corrected chi connectivity index (χ4v) is 3.82. The first-order chi connectivity index (χ1) is 9.12. The molecule has 1 heterocycles. The molecule has 0 radical (unpaired) electrons. The van der Waals surface area contributed by atoms with Gasteiger partial charge in [0.25, 0.3) is 0 Å².